The number of fused-ring (bicyclic) bond motifs is 13. The zero-order chi connectivity index (χ0) is 51.7. The van der Waals surface area contributed by atoms with E-state index in [0.29, 0.717) is 0 Å². The molecule has 0 radical (unpaired) electrons. The second-order valence-corrected chi connectivity index (χ2v) is 23.2. The Kier molecular flexibility index (Phi) is 9.76. The third-order valence-corrected chi connectivity index (χ3v) is 19.2. The first-order valence-electron chi connectivity index (χ1n) is 27.3. The SMILES string of the molecule is c1ccc(-n2c3ccccc3c3c(-c4c5ccccc5c(-c5ccc6c(c5)[se]c5cccc(-c7c8ccccc8c(-c8cccc9c8c8ccccc8n9-c8ccccc8)c8ccccc78)c56)c5ccccc45)cccc32)cc1. The second kappa shape index (κ2) is 17.4. The fraction of sp³-hybridized carbons (Fsp3) is 0. The molecule has 3 aromatic heterocycles. The van der Waals surface area contributed by atoms with Crippen LogP contribution in [0.15, 0.2) is 279 Å². The molecule has 17 aromatic rings. The normalized spacial score (nSPS) is 12.1. The van der Waals surface area contributed by atoms with Gasteiger partial charge in [-0.05, 0) is 24.3 Å². The van der Waals surface area contributed by atoms with E-state index in [1.807, 2.05) is 0 Å². The molecule has 0 spiro atoms. The Morgan fingerprint density at radius 1 is 0.215 bits per heavy atom. The maximum atomic E-state index is 2.53. The monoisotopic (exact) mass is 1070 g/mol. The molecule has 0 aliphatic heterocycles. The first-order chi connectivity index (χ1) is 39.3. The Morgan fingerprint density at radius 3 is 0.987 bits per heavy atom. The molecule has 17 rings (SSSR count). The average molecular weight is 1070 g/mol. The third kappa shape index (κ3) is 6.46. The van der Waals surface area contributed by atoms with Gasteiger partial charge in [0.1, 0.15) is 0 Å². The molecule has 0 aliphatic carbocycles. The Morgan fingerprint density at radius 2 is 0.557 bits per heavy atom. The van der Waals surface area contributed by atoms with E-state index in [1.165, 1.54) is 151 Å². The van der Waals surface area contributed by atoms with Crippen molar-refractivity contribution in [3.63, 3.8) is 0 Å². The van der Waals surface area contributed by atoms with Gasteiger partial charge in [-0.2, -0.15) is 0 Å². The van der Waals surface area contributed by atoms with Crippen LogP contribution in [0, 0.1) is 0 Å². The molecule has 0 unspecified atom stereocenters. The van der Waals surface area contributed by atoms with Crippen LogP contribution in [0.5, 0.6) is 0 Å². The standard InChI is InChI=1S/C76H46N2Se/c1-3-22-48(23-4-1)77-64-39-17-15-34-58(64)74-61(36-19-41-66(74)77)71-52-28-9-7-26-50(52)70(51-27-8-10-29-53(51)71)47-44-45-60-69(46-47)79-68-43-21-38-63(76(60)68)73-56-32-13-11-30-54(56)72(55-31-12-14-33-57(55)73)62-37-20-42-67-75(62)59-35-16-18-40-65(59)78(67)49-24-5-2-6-25-49/h1-46H. The quantitative estimate of drug-likeness (QED) is 0.116. The van der Waals surface area contributed by atoms with Gasteiger partial charge in [-0.15, -0.1) is 0 Å². The molecule has 79 heavy (non-hydrogen) atoms. The maximum absolute atomic E-state index is 2.53. The number of hydrogen-bond donors (Lipinski definition) is 0. The fourth-order valence-corrected chi connectivity index (χ4v) is 16.3. The van der Waals surface area contributed by atoms with Crippen LogP contribution in [0.1, 0.15) is 0 Å². The van der Waals surface area contributed by atoms with Crippen LogP contribution in [-0.4, -0.2) is 23.6 Å². The van der Waals surface area contributed by atoms with Gasteiger partial charge in [-0.1, -0.05) is 48.5 Å². The Labute approximate surface area is 461 Å². The summed E-state index contributed by atoms with van der Waals surface area (Å²) < 4.78 is 7.71. The van der Waals surface area contributed by atoms with E-state index in [0.717, 1.165) is 11.4 Å². The molecule has 0 N–H and O–H groups in total. The molecule has 3 heteroatoms. The Hall–Kier alpha value is -9.76. The van der Waals surface area contributed by atoms with E-state index in [-0.39, 0.29) is 14.5 Å². The van der Waals surface area contributed by atoms with Crippen LogP contribution in [-0.2, 0) is 0 Å². The maximum Gasteiger partial charge on any atom is -0.0380 e. The summed E-state index contributed by atoms with van der Waals surface area (Å²) in [5.41, 5.74) is 17.4. The topological polar surface area (TPSA) is 9.86 Å². The van der Waals surface area contributed by atoms with E-state index in [4.69, 9.17) is 0 Å². The van der Waals surface area contributed by atoms with Gasteiger partial charge in [-0.3, -0.25) is 0 Å². The summed E-state index contributed by atoms with van der Waals surface area (Å²) in [6.07, 6.45) is 0. The molecule has 0 saturated heterocycles. The van der Waals surface area contributed by atoms with Crippen LogP contribution in [0.25, 0.3) is 162 Å². The zero-order valence-corrected chi connectivity index (χ0v) is 44.6. The van der Waals surface area contributed by atoms with E-state index >= 15 is 0 Å². The Balaban J connectivity index is 0.874. The van der Waals surface area contributed by atoms with Crippen molar-refractivity contribution in [2.75, 3.05) is 0 Å². The summed E-state index contributed by atoms with van der Waals surface area (Å²) in [5, 5.41) is 17.9. The molecule has 14 aromatic carbocycles. The molecular weight excluding hydrogens is 1020 g/mol. The molecule has 0 aliphatic rings. The van der Waals surface area contributed by atoms with Gasteiger partial charge in [0.2, 0.25) is 0 Å². The van der Waals surface area contributed by atoms with Gasteiger partial charge in [0.15, 0.2) is 0 Å². The summed E-state index contributed by atoms with van der Waals surface area (Å²) in [4.78, 5) is 0. The van der Waals surface area contributed by atoms with Gasteiger partial charge >= 0.3 is 392 Å². The second-order valence-electron chi connectivity index (χ2n) is 20.9. The van der Waals surface area contributed by atoms with Gasteiger partial charge in [0, 0.05) is 0 Å². The largest absolute Gasteiger partial charge is 0.0602 e. The zero-order valence-electron chi connectivity index (χ0n) is 42.9. The van der Waals surface area contributed by atoms with Crippen molar-refractivity contribution in [3.05, 3.63) is 279 Å². The summed E-state index contributed by atoms with van der Waals surface area (Å²) in [7, 11) is 0. The molecule has 0 saturated carbocycles. The molecule has 0 fully saturated rings. The fourth-order valence-electron chi connectivity index (χ4n) is 13.8. The minimum Gasteiger partial charge on any atom is -0.0602 e. The number of para-hydroxylation sites is 4. The van der Waals surface area contributed by atoms with E-state index in [2.05, 4.69) is 288 Å². The summed E-state index contributed by atoms with van der Waals surface area (Å²) in [6.45, 7) is 0. The van der Waals surface area contributed by atoms with E-state index < -0.39 is 0 Å². The number of aromatic nitrogens is 2. The Bertz CT molecular complexity index is 5250. The van der Waals surface area contributed by atoms with Gasteiger partial charge < -0.3 is 0 Å². The molecular formula is C76H46N2Se. The van der Waals surface area contributed by atoms with Gasteiger partial charge in [-0.25, -0.2) is 0 Å². The van der Waals surface area contributed by atoms with Gasteiger partial charge in [0.25, 0.3) is 0 Å². The number of nitrogens with zero attached hydrogens (tertiary/aromatic N) is 2. The average Bonchev–Trinajstić information content (AvgIpc) is 4.29. The summed E-state index contributed by atoms with van der Waals surface area (Å²) in [6, 6.07) is 104. The molecule has 366 valence electrons. The van der Waals surface area contributed by atoms with Crippen LogP contribution >= 0.6 is 0 Å². The molecule has 0 amide bonds. The molecule has 0 atom stereocenters. The number of hydrogen-bond acceptors (Lipinski definition) is 0. The number of rotatable bonds is 6. The smallest absolute Gasteiger partial charge is 0.0380 e. The van der Waals surface area contributed by atoms with Crippen molar-refractivity contribution < 1.29 is 0 Å². The van der Waals surface area contributed by atoms with Gasteiger partial charge in [0.05, 0.1) is 0 Å². The predicted molar refractivity (Wildman–Crippen MR) is 339 cm³/mol. The van der Waals surface area contributed by atoms with Crippen LogP contribution in [0.2, 0.25) is 0 Å². The van der Waals surface area contributed by atoms with E-state index in [1.54, 1.807) is 0 Å². The van der Waals surface area contributed by atoms with Crippen LogP contribution in [0.4, 0.5) is 0 Å². The van der Waals surface area contributed by atoms with Crippen LogP contribution in [0.3, 0.4) is 0 Å². The minimum absolute atomic E-state index is 0.0962. The summed E-state index contributed by atoms with van der Waals surface area (Å²) in [5.74, 6) is 0. The predicted octanol–water partition coefficient (Wildman–Crippen LogP) is 20.5. The number of benzene rings is 14. The van der Waals surface area contributed by atoms with E-state index in [9.17, 15) is 0 Å². The van der Waals surface area contributed by atoms with Crippen molar-refractivity contribution in [1.82, 2.24) is 9.13 Å². The first-order valence-corrected chi connectivity index (χ1v) is 29.0. The first kappa shape index (κ1) is 44.4. The van der Waals surface area contributed by atoms with Crippen molar-refractivity contribution in [3.8, 4) is 55.9 Å². The summed E-state index contributed by atoms with van der Waals surface area (Å²) >= 11 is 0.0962. The van der Waals surface area contributed by atoms with Crippen molar-refractivity contribution in [1.29, 1.82) is 0 Å². The molecule has 3 heterocycles. The van der Waals surface area contributed by atoms with Crippen LogP contribution < -0.4 is 0 Å². The van der Waals surface area contributed by atoms with Crippen molar-refractivity contribution in [2.24, 2.45) is 0 Å². The van der Waals surface area contributed by atoms with Crippen molar-refractivity contribution in [2.45, 2.75) is 0 Å². The minimum atomic E-state index is 0.0962. The third-order valence-electron chi connectivity index (χ3n) is 16.9. The molecule has 2 nitrogen and oxygen atoms in total. The van der Waals surface area contributed by atoms with Crippen molar-refractivity contribution >= 4 is 120 Å². The molecule has 0 bridgehead atoms.